The molecule has 0 aliphatic carbocycles. The molecule has 0 bridgehead atoms. The average Bonchev–Trinajstić information content (AvgIpc) is 2.24. The standard InChI is InChI=1S/C13H13BrO4/c1-9(15)17-13(18-10(2)16)7-6-11-4-3-5-12(14)8-11/h3-8,13H,1-2H3. The van der Waals surface area contributed by atoms with E-state index in [9.17, 15) is 9.59 Å². The lowest BCUT2D eigenvalue weighted by molar-refractivity contribution is -0.176. The summed E-state index contributed by atoms with van der Waals surface area (Å²) in [6.45, 7) is 2.51. The Morgan fingerprint density at radius 3 is 2.33 bits per heavy atom. The number of carbonyl (C=O) groups is 2. The minimum Gasteiger partial charge on any atom is -0.421 e. The molecule has 0 radical (unpaired) electrons. The highest BCUT2D eigenvalue weighted by Gasteiger charge is 2.10. The van der Waals surface area contributed by atoms with E-state index < -0.39 is 18.2 Å². The summed E-state index contributed by atoms with van der Waals surface area (Å²) in [7, 11) is 0. The number of hydrogen-bond acceptors (Lipinski definition) is 4. The van der Waals surface area contributed by atoms with Crippen molar-refractivity contribution in [3.8, 4) is 0 Å². The summed E-state index contributed by atoms with van der Waals surface area (Å²) in [5, 5.41) is 0. The summed E-state index contributed by atoms with van der Waals surface area (Å²) in [6, 6.07) is 7.53. The zero-order valence-corrected chi connectivity index (χ0v) is 11.6. The van der Waals surface area contributed by atoms with Crippen LogP contribution in [0, 0.1) is 0 Å². The molecular formula is C13H13BrO4. The third-order valence-electron chi connectivity index (χ3n) is 1.86. The molecule has 0 aromatic heterocycles. The van der Waals surface area contributed by atoms with Gasteiger partial charge in [-0.2, -0.15) is 0 Å². The van der Waals surface area contributed by atoms with Crippen LogP contribution in [-0.2, 0) is 19.1 Å². The Morgan fingerprint density at radius 1 is 1.22 bits per heavy atom. The van der Waals surface area contributed by atoms with Gasteiger partial charge in [-0.1, -0.05) is 34.1 Å². The lowest BCUT2D eigenvalue weighted by Gasteiger charge is -2.12. The largest absolute Gasteiger partial charge is 0.421 e. The van der Waals surface area contributed by atoms with Gasteiger partial charge in [-0.25, -0.2) is 0 Å². The van der Waals surface area contributed by atoms with E-state index in [-0.39, 0.29) is 0 Å². The van der Waals surface area contributed by atoms with Crippen LogP contribution in [0.5, 0.6) is 0 Å². The lowest BCUT2D eigenvalue weighted by atomic mass is 10.2. The second-order valence-corrected chi connectivity index (χ2v) is 4.42. The summed E-state index contributed by atoms with van der Waals surface area (Å²) in [5.74, 6) is -1.03. The highest BCUT2D eigenvalue weighted by molar-refractivity contribution is 9.10. The fraction of sp³-hybridized carbons (Fsp3) is 0.231. The van der Waals surface area contributed by atoms with E-state index in [1.807, 2.05) is 24.3 Å². The first-order valence-electron chi connectivity index (χ1n) is 5.25. The van der Waals surface area contributed by atoms with Crippen LogP contribution in [-0.4, -0.2) is 18.2 Å². The Labute approximate surface area is 114 Å². The molecular weight excluding hydrogens is 300 g/mol. The van der Waals surface area contributed by atoms with Crippen molar-refractivity contribution in [2.45, 2.75) is 20.1 Å². The fourth-order valence-electron chi connectivity index (χ4n) is 1.23. The highest BCUT2D eigenvalue weighted by Crippen LogP contribution is 2.13. The van der Waals surface area contributed by atoms with E-state index in [4.69, 9.17) is 9.47 Å². The second kappa shape index (κ2) is 6.96. The molecule has 0 saturated heterocycles. The fourth-order valence-corrected chi connectivity index (χ4v) is 1.65. The summed E-state index contributed by atoms with van der Waals surface area (Å²) in [4.78, 5) is 21.7. The number of rotatable bonds is 4. The van der Waals surface area contributed by atoms with Crippen LogP contribution in [0.15, 0.2) is 34.8 Å². The number of benzene rings is 1. The van der Waals surface area contributed by atoms with Gasteiger partial charge in [-0.05, 0) is 23.8 Å². The molecule has 0 fully saturated rings. The van der Waals surface area contributed by atoms with E-state index in [0.29, 0.717) is 0 Å². The van der Waals surface area contributed by atoms with Crippen molar-refractivity contribution in [1.29, 1.82) is 0 Å². The van der Waals surface area contributed by atoms with Gasteiger partial charge in [0.05, 0.1) is 0 Å². The first kappa shape index (κ1) is 14.4. The van der Waals surface area contributed by atoms with Crippen LogP contribution in [0.4, 0.5) is 0 Å². The molecule has 0 aliphatic heterocycles. The van der Waals surface area contributed by atoms with Crippen molar-refractivity contribution in [2.24, 2.45) is 0 Å². The SMILES string of the molecule is CC(=O)OC(C=Cc1cccc(Br)c1)OC(C)=O. The molecule has 0 aliphatic rings. The van der Waals surface area contributed by atoms with Crippen molar-refractivity contribution in [2.75, 3.05) is 0 Å². The molecule has 0 atom stereocenters. The van der Waals surface area contributed by atoms with Gasteiger partial charge in [0.2, 0.25) is 0 Å². The van der Waals surface area contributed by atoms with Crippen LogP contribution in [0.3, 0.4) is 0 Å². The van der Waals surface area contributed by atoms with E-state index in [2.05, 4.69) is 15.9 Å². The van der Waals surface area contributed by atoms with Crippen molar-refractivity contribution in [3.63, 3.8) is 0 Å². The van der Waals surface area contributed by atoms with Gasteiger partial charge in [0, 0.05) is 18.3 Å². The molecule has 1 rings (SSSR count). The number of ether oxygens (including phenoxy) is 2. The molecule has 96 valence electrons. The molecule has 0 spiro atoms. The molecule has 0 N–H and O–H groups in total. The van der Waals surface area contributed by atoms with Gasteiger partial charge in [0.1, 0.15) is 0 Å². The maximum Gasteiger partial charge on any atom is 0.305 e. The Balaban J connectivity index is 2.75. The number of carbonyl (C=O) groups excluding carboxylic acids is 2. The van der Waals surface area contributed by atoms with E-state index >= 15 is 0 Å². The Bertz CT molecular complexity index is 452. The molecule has 1 aromatic carbocycles. The minimum absolute atomic E-state index is 0.514. The Morgan fingerprint density at radius 2 is 1.83 bits per heavy atom. The molecule has 1 aromatic rings. The number of hydrogen-bond donors (Lipinski definition) is 0. The quantitative estimate of drug-likeness (QED) is 0.633. The van der Waals surface area contributed by atoms with Gasteiger partial charge >= 0.3 is 11.9 Å². The van der Waals surface area contributed by atoms with E-state index in [1.165, 1.54) is 19.9 Å². The predicted molar refractivity (Wildman–Crippen MR) is 70.5 cm³/mol. The maximum absolute atomic E-state index is 10.8. The van der Waals surface area contributed by atoms with Crippen LogP contribution in [0.25, 0.3) is 6.08 Å². The summed E-state index contributed by atoms with van der Waals surface area (Å²) >= 11 is 3.35. The molecule has 4 nitrogen and oxygen atoms in total. The zero-order valence-electron chi connectivity index (χ0n) is 10.1. The molecule has 18 heavy (non-hydrogen) atoms. The highest BCUT2D eigenvalue weighted by atomic mass is 79.9. The van der Waals surface area contributed by atoms with Gasteiger partial charge in [0.15, 0.2) is 0 Å². The van der Waals surface area contributed by atoms with Gasteiger partial charge in [-0.3, -0.25) is 9.59 Å². The second-order valence-electron chi connectivity index (χ2n) is 3.50. The third kappa shape index (κ3) is 5.63. The van der Waals surface area contributed by atoms with E-state index in [0.717, 1.165) is 10.0 Å². The normalized spacial score (nSPS) is 10.7. The zero-order chi connectivity index (χ0) is 13.5. The average molecular weight is 313 g/mol. The van der Waals surface area contributed by atoms with Gasteiger partial charge in [0.25, 0.3) is 6.29 Å². The summed E-state index contributed by atoms with van der Waals surface area (Å²) < 4.78 is 10.6. The molecule has 0 amide bonds. The van der Waals surface area contributed by atoms with Crippen molar-refractivity contribution >= 4 is 33.9 Å². The van der Waals surface area contributed by atoms with Crippen molar-refractivity contribution < 1.29 is 19.1 Å². The predicted octanol–water partition coefficient (Wildman–Crippen LogP) is 2.91. The van der Waals surface area contributed by atoms with E-state index in [1.54, 1.807) is 6.08 Å². The minimum atomic E-state index is -1.00. The summed E-state index contributed by atoms with van der Waals surface area (Å²) in [5.41, 5.74) is 0.897. The number of esters is 2. The third-order valence-corrected chi connectivity index (χ3v) is 2.35. The molecule has 0 saturated carbocycles. The Kier molecular flexibility index (Phi) is 5.58. The topological polar surface area (TPSA) is 52.6 Å². The van der Waals surface area contributed by atoms with Gasteiger partial charge in [-0.15, -0.1) is 0 Å². The Hall–Kier alpha value is -1.62. The first-order valence-corrected chi connectivity index (χ1v) is 6.05. The van der Waals surface area contributed by atoms with Crippen molar-refractivity contribution in [1.82, 2.24) is 0 Å². The lowest BCUT2D eigenvalue weighted by Crippen LogP contribution is -2.19. The van der Waals surface area contributed by atoms with Crippen molar-refractivity contribution in [3.05, 3.63) is 40.4 Å². The molecule has 5 heteroatoms. The molecule has 0 unspecified atom stereocenters. The van der Waals surface area contributed by atoms with Gasteiger partial charge < -0.3 is 9.47 Å². The first-order chi connectivity index (χ1) is 8.47. The monoisotopic (exact) mass is 312 g/mol. The van der Waals surface area contributed by atoms with Crippen LogP contribution in [0.1, 0.15) is 19.4 Å². The smallest absolute Gasteiger partial charge is 0.305 e. The number of halogens is 1. The molecule has 0 heterocycles. The van der Waals surface area contributed by atoms with Crippen LogP contribution < -0.4 is 0 Å². The summed E-state index contributed by atoms with van der Waals surface area (Å²) in [6.07, 6.45) is 2.21. The van der Waals surface area contributed by atoms with Crippen LogP contribution in [0.2, 0.25) is 0 Å². The van der Waals surface area contributed by atoms with Crippen LogP contribution >= 0.6 is 15.9 Å². The maximum atomic E-state index is 10.8.